The number of hydrogen-bond acceptors (Lipinski definition) is 5. The maximum atomic E-state index is 11.8. The van der Waals surface area contributed by atoms with Crippen molar-refractivity contribution in [2.75, 3.05) is 13.1 Å². The molecule has 0 aliphatic carbocycles. The first-order chi connectivity index (χ1) is 13.2. The lowest BCUT2D eigenvalue weighted by Gasteiger charge is -2.18. The number of carboxylic acid groups (broad SMARTS) is 3. The lowest BCUT2D eigenvalue weighted by Crippen LogP contribution is -2.51. The van der Waals surface area contributed by atoms with Gasteiger partial charge in [-0.2, -0.15) is 0 Å². The summed E-state index contributed by atoms with van der Waals surface area (Å²) >= 11 is 0. The van der Waals surface area contributed by atoms with Crippen molar-refractivity contribution in [2.24, 2.45) is 0 Å². The summed E-state index contributed by atoms with van der Waals surface area (Å²) in [6.45, 7) is 0.348. The number of carboxylic acids is 3. The van der Waals surface area contributed by atoms with Crippen molar-refractivity contribution in [1.29, 1.82) is 0 Å². The minimum atomic E-state index is -1.46. The van der Waals surface area contributed by atoms with Crippen molar-refractivity contribution < 1.29 is 39.3 Å². The molecule has 0 aliphatic rings. The van der Waals surface area contributed by atoms with E-state index in [1.165, 1.54) is 0 Å². The molecule has 0 radical (unpaired) electrons. The van der Waals surface area contributed by atoms with Crippen LogP contribution in [0.4, 0.5) is 9.59 Å². The fraction of sp³-hybridized carbons (Fsp3) is 0.562. The molecule has 0 unspecified atom stereocenters. The molecule has 0 aliphatic heterocycles. The Balaban J connectivity index is 4.34. The number of urea groups is 2. The average Bonchev–Trinajstić information content (AvgIpc) is 2.61. The molecule has 156 valence electrons. The standard InChI is InChI=1S/C16H24N4O8/c1-2-8-17-15(27)18-9-4-3-5-10(13(23)24)19-16(28)20-11(14(25)26)6-7-12(21)22/h1,10-11H,3-9H2,(H,21,22)(H,23,24)(H,25,26)(H2,17,18,27)(H2,19,20,28)/t10-,11-/m0/s1. The maximum absolute atomic E-state index is 11.8. The summed E-state index contributed by atoms with van der Waals surface area (Å²) in [6.07, 6.45) is 5.01. The van der Waals surface area contributed by atoms with E-state index in [1.54, 1.807) is 0 Å². The van der Waals surface area contributed by atoms with E-state index < -0.39 is 48.5 Å². The van der Waals surface area contributed by atoms with Gasteiger partial charge in [0.05, 0.1) is 6.54 Å². The number of carbonyl (C=O) groups is 5. The smallest absolute Gasteiger partial charge is 0.326 e. The highest BCUT2D eigenvalue weighted by molar-refractivity contribution is 5.86. The molecule has 2 atom stereocenters. The van der Waals surface area contributed by atoms with E-state index in [0.29, 0.717) is 12.8 Å². The van der Waals surface area contributed by atoms with E-state index in [1.807, 2.05) is 5.32 Å². The Hall–Kier alpha value is -3.49. The third-order valence-corrected chi connectivity index (χ3v) is 3.41. The average molecular weight is 400 g/mol. The largest absolute Gasteiger partial charge is 0.481 e. The molecule has 0 heterocycles. The number of hydrogen-bond donors (Lipinski definition) is 7. The molecule has 0 saturated carbocycles. The van der Waals surface area contributed by atoms with E-state index >= 15 is 0 Å². The highest BCUT2D eigenvalue weighted by atomic mass is 16.4. The van der Waals surface area contributed by atoms with Gasteiger partial charge in [-0.25, -0.2) is 19.2 Å². The first kappa shape index (κ1) is 24.5. The number of nitrogens with one attached hydrogen (secondary N) is 4. The molecule has 0 fully saturated rings. The predicted molar refractivity (Wildman–Crippen MR) is 95.5 cm³/mol. The summed E-state index contributed by atoms with van der Waals surface area (Å²) in [7, 11) is 0. The first-order valence-corrected chi connectivity index (χ1v) is 8.37. The van der Waals surface area contributed by atoms with Crippen molar-refractivity contribution in [3.63, 3.8) is 0 Å². The normalized spacial score (nSPS) is 12.0. The molecule has 0 aromatic carbocycles. The zero-order valence-electron chi connectivity index (χ0n) is 15.1. The molecule has 0 spiro atoms. The van der Waals surface area contributed by atoms with Gasteiger partial charge < -0.3 is 36.6 Å². The molecule has 12 nitrogen and oxygen atoms in total. The second-order valence-electron chi connectivity index (χ2n) is 5.64. The van der Waals surface area contributed by atoms with Crippen LogP contribution < -0.4 is 21.3 Å². The monoisotopic (exact) mass is 400 g/mol. The number of aliphatic carboxylic acids is 3. The quantitative estimate of drug-likeness (QED) is 0.153. The molecule has 28 heavy (non-hydrogen) atoms. The number of amides is 4. The zero-order chi connectivity index (χ0) is 21.5. The van der Waals surface area contributed by atoms with Crippen LogP contribution in [0, 0.1) is 12.3 Å². The number of rotatable bonds is 13. The summed E-state index contributed by atoms with van der Waals surface area (Å²) in [5.41, 5.74) is 0. The molecule has 0 saturated heterocycles. The van der Waals surface area contributed by atoms with Crippen molar-refractivity contribution in [3.8, 4) is 12.3 Å². The first-order valence-electron chi connectivity index (χ1n) is 8.37. The summed E-state index contributed by atoms with van der Waals surface area (Å²) < 4.78 is 0. The second-order valence-corrected chi connectivity index (χ2v) is 5.64. The van der Waals surface area contributed by atoms with Gasteiger partial charge in [-0.05, 0) is 25.7 Å². The van der Waals surface area contributed by atoms with Crippen LogP contribution in [0.25, 0.3) is 0 Å². The van der Waals surface area contributed by atoms with E-state index in [2.05, 4.69) is 21.9 Å². The highest BCUT2D eigenvalue weighted by Crippen LogP contribution is 2.02. The Morgan fingerprint density at radius 2 is 1.39 bits per heavy atom. The Morgan fingerprint density at radius 1 is 0.821 bits per heavy atom. The molecule has 4 amide bonds. The van der Waals surface area contributed by atoms with Crippen LogP contribution in [0.5, 0.6) is 0 Å². The second kappa shape index (κ2) is 13.7. The van der Waals surface area contributed by atoms with Gasteiger partial charge in [-0.15, -0.1) is 6.42 Å². The van der Waals surface area contributed by atoms with Crippen molar-refractivity contribution in [1.82, 2.24) is 21.3 Å². The molecule has 7 N–H and O–H groups in total. The van der Waals surface area contributed by atoms with Gasteiger partial charge in [0.1, 0.15) is 12.1 Å². The summed E-state index contributed by atoms with van der Waals surface area (Å²) in [4.78, 5) is 55.8. The van der Waals surface area contributed by atoms with Crippen molar-refractivity contribution in [3.05, 3.63) is 0 Å². The zero-order valence-corrected chi connectivity index (χ0v) is 15.1. The lowest BCUT2D eigenvalue weighted by atomic mass is 10.1. The van der Waals surface area contributed by atoms with Crippen LogP contribution in [-0.2, 0) is 14.4 Å². The molecule has 0 bridgehead atoms. The molecule has 0 rings (SSSR count). The number of carbonyl (C=O) groups excluding carboxylic acids is 2. The number of terminal acetylenes is 1. The maximum Gasteiger partial charge on any atom is 0.326 e. The Labute approximate surface area is 161 Å². The van der Waals surface area contributed by atoms with Crippen LogP contribution in [0.15, 0.2) is 0 Å². The minimum Gasteiger partial charge on any atom is -0.481 e. The Kier molecular flexibility index (Phi) is 12.0. The topological polar surface area (TPSA) is 194 Å². The third kappa shape index (κ3) is 12.0. The SMILES string of the molecule is C#CCNC(=O)NCCCC[C@H](NC(=O)N[C@@H](CCC(=O)O)C(=O)O)C(=O)O. The Bertz CT molecular complexity index is 616. The molecular weight excluding hydrogens is 376 g/mol. The molecule has 0 aromatic rings. The molecule has 12 heteroatoms. The lowest BCUT2D eigenvalue weighted by molar-refractivity contribution is -0.140. The van der Waals surface area contributed by atoms with E-state index in [-0.39, 0.29) is 25.9 Å². The van der Waals surface area contributed by atoms with Crippen LogP contribution in [0.2, 0.25) is 0 Å². The summed E-state index contributed by atoms with van der Waals surface area (Å²) in [5, 5.41) is 35.8. The van der Waals surface area contributed by atoms with Gasteiger partial charge in [0, 0.05) is 13.0 Å². The van der Waals surface area contributed by atoms with E-state index in [9.17, 15) is 24.0 Å². The van der Waals surface area contributed by atoms with Gasteiger partial charge in [-0.3, -0.25) is 4.79 Å². The highest BCUT2D eigenvalue weighted by Gasteiger charge is 2.24. The van der Waals surface area contributed by atoms with Crippen LogP contribution in [-0.4, -0.2) is 70.5 Å². The molecular formula is C16H24N4O8. The van der Waals surface area contributed by atoms with Crippen LogP contribution in [0.1, 0.15) is 32.1 Å². The third-order valence-electron chi connectivity index (χ3n) is 3.41. The molecule has 0 aromatic heterocycles. The fourth-order valence-corrected chi connectivity index (χ4v) is 2.01. The van der Waals surface area contributed by atoms with Crippen molar-refractivity contribution >= 4 is 30.0 Å². The fourth-order valence-electron chi connectivity index (χ4n) is 2.01. The Morgan fingerprint density at radius 3 is 1.89 bits per heavy atom. The van der Waals surface area contributed by atoms with Crippen LogP contribution in [0.3, 0.4) is 0 Å². The van der Waals surface area contributed by atoms with E-state index in [4.69, 9.17) is 21.7 Å². The van der Waals surface area contributed by atoms with Crippen molar-refractivity contribution in [2.45, 2.75) is 44.2 Å². The van der Waals surface area contributed by atoms with Gasteiger partial charge in [0.25, 0.3) is 0 Å². The summed E-state index contributed by atoms with van der Waals surface area (Å²) in [6, 6.07) is -4.22. The van der Waals surface area contributed by atoms with Gasteiger partial charge >= 0.3 is 30.0 Å². The number of unbranched alkanes of at least 4 members (excludes halogenated alkanes) is 1. The minimum absolute atomic E-state index is 0.0449. The van der Waals surface area contributed by atoms with Gasteiger partial charge in [0.2, 0.25) is 0 Å². The predicted octanol–water partition coefficient (Wildman–Crippen LogP) is -0.840. The van der Waals surface area contributed by atoms with Gasteiger partial charge in [-0.1, -0.05) is 5.92 Å². The van der Waals surface area contributed by atoms with Crippen LogP contribution >= 0.6 is 0 Å². The summed E-state index contributed by atoms with van der Waals surface area (Å²) in [5.74, 6) is -1.74. The van der Waals surface area contributed by atoms with E-state index in [0.717, 1.165) is 0 Å². The van der Waals surface area contributed by atoms with Gasteiger partial charge in [0.15, 0.2) is 0 Å².